The van der Waals surface area contributed by atoms with Gasteiger partial charge in [0.2, 0.25) is 11.8 Å². The molecule has 3 aromatic rings. The molecule has 1 N–H and O–H groups in total. The maximum atomic E-state index is 14.2. The van der Waals surface area contributed by atoms with Crippen molar-refractivity contribution in [3.8, 4) is 0 Å². The highest BCUT2D eigenvalue weighted by molar-refractivity contribution is 9.10. The van der Waals surface area contributed by atoms with Crippen LogP contribution in [-0.4, -0.2) is 62.2 Å². The Labute approximate surface area is 250 Å². The van der Waals surface area contributed by atoms with E-state index in [9.17, 15) is 22.4 Å². The Bertz CT molecular complexity index is 1400. The number of hydrogen-bond donors (Lipinski definition) is 1. The van der Waals surface area contributed by atoms with Crippen molar-refractivity contribution in [2.24, 2.45) is 0 Å². The van der Waals surface area contributed by atoms with Gasteiger partial charge < -0.3 is 10.2 Å². The van der Waals surface area contributed by atoms with Gasteiger partial charge in [0.1, 0.15) is 18.4 Å². The maximum absolute atomic E-state index is 14.2. The highest BCUT2D eigenvalue weighted by atomic mass is 79.9. The molecule has 0 saturated carbocycles. The fraction of sp³-hybridized carbons (Fsp3) is 0.333. The highest BCUT2D eigenvalue weighted by Gasteiger charge is 2.35. The van der Waals surface area contributed by atoms with E-state index in [1.165, 1.54) is 31.1 Å². The molecule has 0 fully saturated rings. The molecule has 0 radical (unpaired) electrons. The second kappa shape index (κ2) is 14.6. The molecule has 0 spiro atoms. The second-order valence-corrected chi connectivity index (χ2v) is 12.9. The molecule has 2 atom stereocenters. The minimum atomic E-state index is -4.15. The van der Waals surface area contributed by atoms with Crippen molar-refractivity contribution < 1.29 is 22.4 Å². The van der Waals surface area contributed by atoms with Crippen LogP contribution < -0.4 is 9.62 Å². The summed E-state index contributed by atoms with van der Waals surface area (Å²) in [5.41, 5.74) is 1.74. The molecular formula is C30H36BrFN4O4S. The lowest BCUT2D eigenvalue weighted by molar-refractivity contribution is -0.140. The first-order valence-corrected chi connectivity index (χ1v) is 15.4. The lowest BCUT2D eigenvalue weighted by atomic mass is 10.0. The van der Waals surface area contributed by atoms with Gasteiger partial charge in [-0.15, -0.1) is 0 Å². The zero-order chi connectivity index (χ0) is 30.2. The summed E-state index contributed by atoms with van der Waals surface area (Å²) in [6.45, 7) is 3.31. The summed E-state index contributed by atoms with van der Waals surface area (Å²) in [5.74, 6) is -1.45. The molecule has 0 unspecified atom stereocenters. The maximum Gasteiger partial charge on any atom is 0.304 e. The molecule has 0 saturated heterocycles. The predicted molar refractivity (Wildman–Crippen MR) is 163 cm³/mol. The standard InChI is InChI=1S/C30H36BrFN4O4S/c1-5-22(2)33-30(38)28(19-23-9-7-6-8-10-23)35(20-24-11-13-25(31)14-12-24)29(37)21-36(41(39,40)34(3)4)27-17-15-26(32)16-18-27/h6-18,22,28H,5,19-21H2,1-4H3,(H,33,38)/t22-,28+/m1/s1. The molecule has 0 aromatic heterocycles. The number of benzene rings is 3. The van der Waals surface area contributed by atoms with Crippen LogP contribution in [0.1, 0.15) is 31.4 Å². The van der Waals surface area contributed by atoms with E-state index in [1.54, 1.807) is 0 Å². The molecule has 3 aromatic carbocycles. The lowest BCUT2D eigenvalue weighted by Crippen LogP contribution is -2.55. The second-order valence-electron chi connectivity index (χ2n) is 9.94. The molecular weight excluding hydrogens is 611 g/mol. The molecule has 0 aliphatic heterocycles. The number of rotatable bonds is 13. The summed E-state index contributed by atoms with van der Waals surface area (Å²) < 4.78 is 43.2. The van der Waals surface area contributed by atoms with Gasteiger partial charge in [-0.05, 0) is 60.9 Å². The summed E-state index contributed by atoms with van der Waals surface area (Å²) >= 11 is 3.42. The average Bonchev–Trinajstić information content (AvgIpc) is 2.95. The molecule has 41 heavy (non-hydrogen) atoms. The highest BCUT2D eigenvalue weighted by Crippen LogP contribution is 2.23. The number of halogens is 2. The third kappa shape index (κ3) is 8.85. The Morgan fingerprint density at radius 2 is 1.54 bits per heavy atom. The van der Waals surface area contributed by atoms with Crippen LogP contribution in [-0.2, 0) is 32.8 Å². The largest absolute Gasteiger partial charge is 0.352 e. The van der Waals surface area contributed by atoms with Crippen molar-refractivity contribution in [3.63, 3.8) is 0 Å². The number of carbonyl (C=O) groups is 2. The number of anilines is 1. The van der Waals surface area contributed by atoms with Gasteiger partial charge in [0, 0.05) is 37.6 Å². The van der Waals surface area contributed by atoms with E-state index < -0.39 is 34.5 Å². The summed E-state index contributed by atoms with van der Waals surface area (Å²) in [6, 6.07) is 20.5. The molecule has 0 aliphatic rings. The van der Waals surface area contributed by atoms with Crippen LogP contribution in [0.15, 0.2) is 83.3 Å². The summed E-state index contributed by atoms with van der Waals surface area (Å²) in [6.07, 6.45) is 0.923. The lowest BCUT2D eigenvalue weighted by Gasteiger charge is -2.35. The molecule has 3 rings (SSSR count). The van der Waals surface area contributed by atoms with Crippen LogP contribution >= 0.6 is 15.9 Å². The van der Waals surface area contributed by atoms with Gasteiger partial charge in [0.25, 0.3) is 0 Å². The van der Waals surface area contributed by atoms with Crippen molar-refractivity contribution in [1.29, 1.82) is 0 Å². The Hall–Kier alpha value is -3.28. The third-order valence-electron chi connectivity index (χ3n) is 6.67. The zero-order valence-electron chi connectivity index (χ0n) is 23.6. The van der Waals surface area contributed by atoms with Gasteiger partial charge in [0.15, 0.2) is 0 Å². The van der Waals surface area contributed by atoms with Gasteiger partial charge in [-0.1, -0.05) is 65.3 Å². The number of amides is 2. The number of hydrogen-bond acceptors (Lipinski definition) is 4. The van der Waals surface area contributed by atoms with Crippen molar-refractivity contribution >= 4 is 43.6 Å². The van der Waals surface area contributed by atoms with Crippen molar-refractivity contribution in [1.82, 2.24) is 14.5 Å². The van der Waals surface area contributed by atoms with E-state index in [1.807, 2.05) is 68.4 Å². The van der Waals surface area contributed by atoms with Crippen LogP contribution in [0, 0.1) is 5.82 Å². The number of nitrogens with zero attached hydrogens (tertiary/aromatic N) is 3. The van der Waals surface area contributed by atoms with Crippen molar-refractivity contribution in [2.75, 3.05) is 24.9 Å². The van der Waals surface area contributed by atoms with Crippen molar-refractivity contribution in [3.05, 3.63) is 100 Å². The zero-order valence-corrected chi connectivity index (χ0v) is 26.0. The Balaban J connectivity index is 2.08. The Morgan fingerprint density at radius 1 is 0.927 bits per heavy atom. The normalized spacial score (nSPS) is 13.0. The predicted octanol–water partition coefficient (Wildman–Crippen LogP) is 4.76. The molecule has 0 aliphatic carbocycles. The van der Waals surface area contributed by atoms with Gasteiger partial charge >= 0.3 is 10.2 Å². The third-order valence-corrected chi connectivity index (χ3v) is 9.02. The monoisotopic (exact) mass is 646 g/mol. The van der Waals surface area contributed by atoms with E-state index in [0.29, 0.717) is 6.42 Å². The van der Waals surface area contributed by atoms with Crippen LogP contribution in [0.2, 0.25) is 0 Å². The van der Waals surface area contributed by atoms with Crippen LogP contribution in [0.25, 0.3) is 0 Å². The molecule has 8 nitrogen and oxygen atoms in total. The van der Waals surface area contributed by atoms with E-state index in [2.05, 4.69) is 21.2 Å². The Kier molecular flexibility index (Phi) is 11.5. The van der Waals surface area contributed by atoms with Gasteiger partial charge in [-0.2, -0.15) is 12.7 Å². The first-order valence-electron chi connectivity index (χ1n) is 13.3. The minimum Gasteiger partial charge on any atom is -0.352 e. The molecule has 0 bridgehead atoms. The quantitative estimate of drug-likeness (QED) is 0.290. The Morgan fingerprint density at radius 3 is 2.10 bits per heavy atom. The summed E-state index contributed by atoms with van der Waals surface area (Å²) in [5, 5.41) is 3.00. The van der Waals surface area contributed by atoms with E-state index in [0.717, 1.165) is 36.3 Å². The summed E-state index contributed by atoms with van der Waals surface area (Å²) in [4.78, 5) is 29.3. The molecule has 2 amide bonds. The van der Waals surface area contributed by atoms with E-state index in [4.69, 9.17) is 0 Å². The fourth-order valence-corrected chi connectivity index (χ4v) is 5.43. The first-order chi connectivity index (χ1) is 19.4. The molecule has 0 heterocycles. The number of carbonyl (C=O) groups excluding carboxylic acids is 2. The van der Waals surface area contributed by atoms with Gasteiger partial charge in [0.05, 0.1) is 5.69 Å². The topological polar surface area (TPSA) is 90.0 Å². The smallest absolute Gasteiger partial charge is 0.304 e. The van der Waals surface area contributed by atoms with Crippen molar-refractivity contribution in [2.45, 2.75) is 45.3 Å². The SMILES string of the molecule is CC[C@@H](C)NC(=O)[C@H](Cc1ccccc1)N(Cc1ccc(Br)cc1)C(=O)CN(c1ccc(F)cc1)S(=O)(=O)N(C)C. The molecule has 220 valence electrons. The van der Waals surface area contributed by atoms with Crippen LogP contribution in [0.4, 0.5) is 10.1 Å². The van der Waals surface area contributed by atoms with Gasteiger partial charge in [-0.3, -0.25) is 9.59 Å². The van der Waals surface area contributed by atoms with E-state index in [-0.39, 0.29) is 30.6 Å². The first kappa shape index (κ1) is 32.2. The van der Waals surface area contributed by atoms with E-state index >= 15 is 0 Å². The average molecular weight is 648 g/mol. The molecule has 11 heteroatoms. The van der Waals surface area contributed by atoms with Crippen LogP contribution in [0.3, 0.4) is 0 Å². The van der Waals surface area contributed by atoms with Gasteiger partial charge in [-0.25, -0.2) is 8.70 Å². The fourth-order valence-electron chi connectivity index (χ4n) is 4.11. The minimum absolute atomic E-state index is 0.0663. The van der Waals surface area contributed by atoms with Crippen LogP contribution in [0.5, 0.6) is 0 Å². The number of nitrogens with one attached hydrogen (secondary N) is 1. The summed E-state index contributed by atoms with van der Waals surface area (Å²) in [7, 11) is -1.44.